The van der Waals surface area contributed by atoms with Gasteiger partial charge in [0.15, 0.2) is 5.84 Å². The van der Waals surface area contributed by atoms with Gasteiger partial charge in [0.2, 0.25) is 5.88 Å². The molecule has 0 saturated carbocycles. The molecule has 0 radical (unpaired) electrons. The van der Waals surface area contributed by atoms with Gasteiger partial charge in [-0.3, -0.25) is 0 Å². The molecule has 0 spiro atoms. The van der Waals surface area contributed by atoms with Gasteiger partial charge in [0, 0.05) is 19.3 Å². The van der Waals surface area contributed by atoms with E-state index in [4.69, 9.17) is 15.7 Å². The molecule has 104 valence electrons. The third-order valence-corrected chi connectivity index (χ3v) is 3.43. The number of hydrogen-bond acceptors (Lipinski definition) is 5. The second-order valence-electron chi connectivity index (χ2n) is 4.91. The standard InChI is InChI=1S/C13H20N4O2/c1-9-3-6-15-13(11(9)12(14)16-18)19-10-4-7-17(2)8-5-10/h3,6,10,18H,4-5,7-8H2,1-2H3,(H2,14,16). The number of rotatable bonds is 3. The summed E-state index contributed by atoms with van der Waals surface area (Å²) in [4.78, 5) is 6.49. The number of nitrogens with zero attached hydrogens (tertiary/aromatic N) is 3. The number of aryl methyl sites for hydroxylation is 1. The Kier molecular flexibility index (Phi) is 4.21. The second kappa shape index (κ2) is 5.88. The summed E-state index contributed by atoms with van der Waals surface area (Å²) in [7, 11) is 2.10. The number of piperidine rings is 1. The van der Waals surface area contributed by atoms with Gasteiger partial charge in [-0.15, -0.1) is 0 Å². The third-order valence-electron chi connectivity index (χ3n) is 3.43. The van der Waals surface area contributed by atoms with Gasteiger partial charge in [-0.25, -0.2) is 4.98 Å². The minimum atomic E-state index is 0.0357. The molecule has 1 aromatic heterocycles. The summed E-state index contributed by atoms with van der Waals surface area (Å²) in [6, 6.07) is 1.81. The Morgan fingerprint density at radius 2 is 2.21 bits per heavy atom. The summed E-state index contributed by atoms with van der Waals surface area (Å²) in [5.74, 6) is 0.485. The molecule has 1 saturated heterocycles. The predicted molar refractivity (Wildman–Crippen MR) is 72.6 cm³/mol. The molecule has 0 aromatic carbocycles. The van der Waals surface area contributed by atoms with Crippen LogP contribution in [0.1, 0.15) is 24.0 Å². The average molecular weight is 264 g/mol. The SMILES string of the molecule is Cc1ccnc(OC2CCN(C)CC2)c1/C(N)=N/O. The molecule has 3 N–H and O–H groups in total. The Hall–Kier alpha value is -1.82. The maximum absolute atomic E-state index is 8.85. The summed E-state index contributed by atoms with van der Waals surface area (Å²) in [6.07, 6.45) is 3.73. The largest absolute Gasteiger partial charge is 0.474 e. The van der Waals surface area contributed by atoms with E-state index >= 15 is 0 Å². The molecule has 0 bridgehead atoms. The molecule has 1 aliphatic heterocycles. The van der Waals surface area contributed by atoms with Gasteiger partial charge in [0.25, 0.3) is 0 Å². The van der Waals surface area contributed by atoms with Gasteiger partial charge >= 0.3 is 0 Å². The molecule has 2 heterocycles. The highest BCUT2D eigenvalue weighted by atomic mass is 16.5. The monoisotopic (exact) mass is 264 g/mol. The summed E-state index contributed by atoms with van der Waals surface area (Å²) in [5.41, 5.74) is 7.15. The van der Waals surface area contributed by atoms with Gasteiger partial charge < -0.3 is 20.6 Å². The van der Waals surface area contributed by atoms with E-state index in [0.717, 1.165) is 31.5 Å². The Labute approximate surface area is 112 Å². The zero-order valence-electron chi connectivity index (χ0n) is 11.3. The van der Waals surface area contributed by atoms with E-state index in [9.17, 15) is 0 Å². The number of aromatic nitrogens is 1. The molecule has 0 atom stereocenters. The molecule has 0 aliphatic carbocycles. The number of hydrogen-bond donors (Lipinski definition) is 2. The van der Waals surface area contributed by atoms with Crippen molar-refractivity contribution < 1.29 is 9.94 Å². The van der Waals surface area contributed by atoms with Crippen molar-refractivity contribution in [2.75, 3.05) is 20.1 Å². The molecule has 0 unspecified atom stereocenters. The molecule has 1 aliphatic rings. The maximum atomic E-state index is 8.85. The predicted octanol–water partition coefficient (Wildman–Crippen LogP) is 0.958. The zero-order chi connectivity index (χ0) is 13.8. The molecule has 1 aromatic rings. The first-order valence-corrected chi connectivity index (χ1v) is 6.40. The number of oxime groups is 1. The van der Waals surface area contributed by atoms with Crippen molar-refractivity contribution in [3.8, 4) is 5.88 Å². The van der Waals surface area contributed by atoms with E-state index in [1.165, 1.54) is 0 Å². The van der Waals surface area contributed by atoms with Crippen molar-refractivity contribution >= 4 is 5.84 Å². The van der Waals surface area contributed by atoms with Crippen LogP contribution in [0, 0.1) is 6.92 Å². The third kappa shape index (κ3) is 3.14. The average Bonchev–Trinajstić information content (AvgIpc) is 2.41. The zero-order valence-corrected chi connectivity index (χ0v) is 11.3. The summed E-state index contributed by atoms with van der Waals surface area (Å²) >= 11 is 0. The van der Waals surface area contributed by atoms with Crippen molar-refractivity contribution in [2.45, 2.75) is 25.9 Å². The fourth-order valence-corrected chi connectivity index (χ4v) is 2.24. The molecule has 2 rings (SSSR count). The number of pyridine rings is 1. The number of likely N-dealkylation sites (tertiary alicyclic amines) is 1. The Morgan fingerprint density at radius 1 is 1.53 bits per heavy atom. The lowest BCUT2D eigenvalue weighted by Gasteiger charge is -2.29. The van der Waals surface area contributed by atoms with E-state index in [1.807, 2.05) is 13.0 Å². The Bertz CT molecular complexity index is 468. The van der Waals surface area contributed by atoms with Crippen LogP contribution in [0.3, 0.4) is 0 Å². The fraction of sp³-hybridized carbons (Fsp3) is 0.538. The highest BCUT2D eigenvalue weighted by Crippen LogP contribution is 2.22. The Morgan fingerprint density at radius 3 is 2.84 bits per heavy atom. The summed E-state index contributed by atoms with van der Waals surface area (Å²) in [5, 5.41) is 11.9. The van der Waals surface area contributed by atoms with Crippen LogP contribution < -0.4 is 10.5 Å². The van der Waals surface area contributed by atoms with E-state index in [2.05, 4.69) is 22.1 Å². The normalized spacial score (nSPS) is 18.5. The number of nitrogens with two attached hydrogens (primary N) is 1. The first kappa shape index (κ1) is 13.6. The van der Waals surface area contributed by atoms with Gasteiger partial charge in [0.1, 0.15) is 6.10 Å². The molecule has 6 nitrogen and oxygen atoms in total. The number of amidine groups is 1. The van der Waals surface area contributed by atoms with Crippen molar-refractivity contribution in [1.29, 1.82) is 0 Å². The van der Waals surface area contributed by atoms with Crippen LogP contribution in [0.4, 0.5) is 0 Å². The van der Waals surface area contributed by atoms with Gasteiger partial charge in [-0.05, 0) is 38.4 Å². The summed E-state index contributed by atoms with van der Waals surface area (Å²) in [6.45, 7) is 3.90. The van der Waals surface area contributed by atoms with Gasteiger partial charge in [0.05, 0.1) is 5.56 Å². The van der Waals surface area contributed by atoms with Crippen LogP contribution in [0.25, 0.3) is 0 Å². The summed E-state index contributed by atoms with van der Waals surface area (Å²) < 4.78 is 5.93. The van der Waals surface area contributed by atoms with Crippen molar-refractivity contribution in [3.05, 3.63) is 23.4 Å². The van der Waals surface area contributed by atoms with Crippen LogP contribution in [-0.2, 0) is 0 Å². The van der Waals surface area contributed by atoms with Crippen molar-refractivity contribution in [2.24, 2.45) is 10.9 Å². The van der Waals surface area contributed by atoms with Crippen LogP contribution in [0.5, 0.6) is 5.88 Å². The topological polar surface area (TPSA) is 84.0 Å². The quantitative estimate of drug-likeness (QED) is 0.367. The molecule has 0 amide bonds. The second-order valence-corrected chi connectivity index (χ2v) is 4.91. The highest BCUT2D eigenvalue weighted by molar-refractivity contribution is 6.00. The lowest BCUT2D eigenvalue weighted by atomic mass is 10.1. The fourth-order valence-electron chi connectivity index (χ4n) is 2.24. The van der Waals surface area contributed by atoms with Crippen LogP contribution in [-0.4, -0.2) is 47.2 Å². The smallest absolute Gasteiger partial charge is 0.225 e. The van der Waals surface area contributed by atoms with E-state index < -0.39 is 0 Å². The van der Waals surface area contributed by atoms with Crippen molar-refractivity contribution in [1.82, 2.24) is 9.88 Å². The van der Waals surface area contributed by atoms with E-state index in [-0.39, 0.29) is 11.9 Å². The first-order chi connectivity index (χ1) is 9.11. The lowest BCUT2D eigenvalue weighted by molar-refractivity contribution is 0.109. The van der Waals surface area contributed by atoms with E-state index in [1.54, 1.807) is 6.20 Å². The van der Waals surface area contributed by atoms with Crippen molar-refractivity contribution in [3.63, 3.8) is 0 Å². The minimum absolute atomic E-state index is 0.0357. The highest BCUT2D eigenvalue weighted by Gasteiger charge is 2.21. The first-order valence-electron chi connectivity index (χ1n) is 6.40. The molecule has 1 fully saturated rings. The van der Waals surface area contributed by atoms with Crippen LogP contribution in [0.2, 0.25) is 0 Å². The molecule has 19 heavy (non-hydrogen) atoms. The number of ether oxygens (including phenoxy) is 1. The molecular formula is C13H20N4O2. The molecular weight excluding hydrogens is 244 g/mol. The van der Waals surface area contributed by atoms with Crippen LogP contribution in [0.15, 0.2) is 17.4 Å². The van der Waals surface area contributed by atoms with Gasteiger partial charge in [-0.2, -0.15) is 0 Å². The van der Waals surface area contributed by atoms with Crippen LogP contribution >= 0.6 is 0 Å². The van der Waals surface area contributed by atoms with Gasteiger partial charge in [-0.1, -0.05) is 5.16 Å². The van der Waals surface area contributed by atoms with E-state index in [0.29, 0.717) is 11.4 Å². The lowest BCUT2D eigenvalue weighted by Crippen LogP contribution is -2.36. The minimum Gasteiger partial charge on any atom is -0.474 e. The molecule has 6 heteroatoms. The maximum Gasteiger partial charge on any atom is 0.225 e. The Balaban J connectivity index is 2.18.